The van der Waals surface area contributed by atoms with Crippen molar-refractivity contribution < 1.29 is 4.79 Å². The van der Waals surface area contributed by atoms with Crippen molar-refractivity contribution in [2.45, 2.75) is 10.6 Å². The summed E-state index contributed by atoms with van der Waals surface area (Å²) in [5.74, 6) is 0. The highest BCUT2D eigenvalue weighted by Crippen LogP contribution is 2.37. The van der Waals surface area contributed by atoms with Crippen molar-refractivity contribution >= 4 is 29.6 Å². The highest BCUT2D eigenvalue weighted by atomic mass is 35.5. The van der Waals surface area contributed by atoms with Crippen LogP contribution in [0, 0.1) is 0 Å². The maximum Gasteiger partial charge on any atom is 0.152 e. The lowest BCUT2D eigenvalue weighted by Gasteiger charge is -2.07. The summed E-state index contributed by atoms with van der Waals surface area (Å²) >= 11 is 7.05. The molecule has 0 amide bonds. The van der Waals surface area contributed by atoms with E-state index in [2.05, 4.69) is 0 Å². The average molecular weight is 149 g/mol. The van der Waals surface area contributed by atoms with Gasteiger partial charge in [0.25, 0.3) is 0 Å². The Morgan fingerprint density at radius 2 is 2.62 bits per heavy atom. The van der Waals surface area contributed by atoms with Crippen LogP contribution in [0.25, 0.3) is 0 Å². The average Bonchev–Trinajstić information content (AvgIpc) is 2.17. The molecule has 1 aliphatic heterocycles. The Bertz CT molecular complexity index is 124. The third-order valence-electron chi connectivity index (χ3n) is 0.932. The summed E-state index contributed by atoms with van der Waals surface area (Å²) < 4.78 is -0.667. The lowest BCUT2D eigenvalue weighted by atomic mass is 10.3. The maximum absolute atomic E-state index is 10.1. The number of aldehydes is 1. The molecular weight excluding hydrogens is 144 g/mol. The van der Waals surface area contributed by atoms with Crippen LogP contribution >= 0.6 is 23.4 Å². The van der Waals surface area contributed by atoms with Crippen molar-refractivity contribution in [3.05, 3.63) is 11.5 Å². The highest BCUT2D eigenvalue weighted by molar-refractivity contribution is 8.05. The molecule has 44 valence electrons. The molecule has 8 heavy (non-hydrogen) atoms. The van der Waals surface area contributed by atoms with E-state index in [9.17, 15) is 4.79 Å². The van der Waals surface area contributed by atoms with E-state index in [-0.39, 0.29) is 0 Å². The topological polar surface area (TPSA) is 17.1 Å². The zero-order valence-corrected chi connectivity index (χ0v) is 5.71. The molecule has 0 radical (unpaired) electrons. The van der Waals surface area contributed by atoms with Gasteiger partial charge >= 0.3 is 0 Å². The van der Waals surface area contributed by atoms with E-state index in [1.165, 1.54) is 11.8 Å². The van der Waals surface area contributed by atoms with Crippen molar-refractivity contribution in [2.75, 3.05) is 0 Å². The first-order valence-electron chi connectivity index (χ1n) is 2.25. The largest absolute Gasteiger partial charge is 0.300 e. The first kappa shape index (κ1) is 6.17. The molecule has 0 fully saturated rings. The molecule has 1 aliphatic rings. The van der Waals surface area contributed by atoms with Crippen molar-refractivity contribution in [3.63, 3.8) is 0 Å². The summed E-state index contributed by atoms with van der Waals surface area (Å²) in [5, 5.41) is 1.85. The monoisotopic (exact) mass is 148 g/mol. The number of thioether (sulfide) groups is 1. The SMILES string of the molecule is O=CC1(Cl)CC=CS1. The van der Waals surface area contributed by atoms with E-state index < -0.39 is 4.21 Å². The summed E-state index contributed by atoms with van der Waals surface area (Å²) in [7, 11) is 0. The van der Waals surface area contributed by atoms with Crippen LogP contribution in [0.5, 0.6) is 0 Å². The van der Waals surface area contributed by atoms with E-state index in [4.69, 9.17) is 11.6 Å². The molecule has 1 heterocycles. The quantitative estimate of drug-likeness (QED) is 0.417. The Morgan fingerprint density at radius 3 is 2.88 bits per heavy atom. The van der Waals surface area contributed by atoms with Crippen molar-refractivity contribution in [3.8, 4) is 0 Å². The van der Waals surface area contributed by atoms with Crippen molar-refractivity contribution in [2.24, 2.45) is 0 Å². The van der Waals surface area contributed by atoms with Gasteiger partial charge in [0.1, 0.15) is 0 Å². The number of hydrogen-bond donors (Lipinski definition) is 0. The summed E-state index contributed by atoms with van der Waals surface area (Å²) in [5.41, 5.74) is 0. The Labute approximate surface area is 57.1 Å². The minimum absolute atomic E-state index is 0.655. The molecule has 3 heteroatoms. The van der Waals surface area contributed by atoms with Gasteiger partial charge in [-0.1, -0.05) is 17.7 Å². The van der Waals surface area contributed by atoms with Gasteiger partial charge in [-0.3, -0.25) is 0 Å². The molecule has 1 unspecified atom stereocenters. The molecule has 0 saturated heterocycles. The van der Waals surface area contributed by atoms with Gasteiger partial charge in [-0.2, -0.15) is 0 Å². The number of carbonyl (C=O) groups is 1. The normalized spacial score (nSPS) is 35.6. The number of alkyl halides is 1. The fourth-order valence-corrected chi connectivity index (χ4v) is 1.40. The third kappa shape index (κ3) is 1.06. The number of hydrogen-bond acceptors (Lipinski definition) is 2. The van der Waals surface area contributed by atoms with E-state index in [0.717, 1.165) is 6.29 Å². The molecule has 0 spiro atoms. The van der Waals surface area contributed by atoms with Gasteiger partial charge in [0.2, 0.25) is 0 Å². The Balaban J connectivity index is 2.58. The van der Waals surface area contributed by atoms with Crippen molar-refractivity contribution in [1.82, 2.24) is 0 Å². The van der Waals surface area contributed by atoms with Gasteiger partial charge in [-0.15, -0.1) is 11.8 Å². The molecule has 0 aromatic rings. The zero-order valence-electron chi connectivity index (χ0n) is 4.13. The smallest absolute Gasteiger partial charge is 0.152 e. The summed E-state index contributed by atoms with van der Waals surface area (Å²) in [6.07, 6.45) is 3.33. The second-order valence-corrected chi connectivity index (χ2v) is 3.73. The first-order chi connectivity index (χ1) is 3.77. The van der Waals surface area contributed by atoms with Gasteiger partial charge < -0.3 is 4.79 Å². The highest BCUT2D eigenvalue weighted by Gasteiger charge is 2.27. The Kier molecular flexibility index (Phi) is 1.63. The second-order valence-electron chi connectivity index (χ2n) is 1.60. The second kappa shape index (κ2) is 2.11. The molecule has 0 aliphatic carbocycles. The van der Waals surface area contributed by atoms with Crippen LogP contribution in [-0.2, 0) is 4.79 Å². The molecule has 0 aromatic carbocycles. The minimum atomic E-state index is -0.667. The third-order valence-corrected chi connectivity index (χ3v) is 2.43. The summed E-state index contributed by atoms with van der Waals surface area (Å²) in [6.45, 7) is 0. The van der Waals surface area contributed by atoms with Gasteiger partial charge in [-0.05, 0) is 5.41 Å². The zero-order chi connectivity index (χ0) is 6.04. The van der Waals surface area contributed by atoms with Crippen LogP contribution in [0.15, 0.2) is 11.5 Å². The lowest BCUT2D eigenvalue weighted by molar-refractivity contribution is -0.108. The molecule has 1 rings (SSSR count). The van der Waals surface area contributed by atoms with Crippen LogP contribution in [0.3, 0.4) is 0 Å². The number of allylic oxidation sites excluding steroid dienone is 1. The molecule has 0 saturated carbocycles. The van der Waals surface area contributed by atoms with Gasteiger partial charge in [0.05, 0.1) is 0 Å². The van der Waals surface area contributed by atoms with Crippen LogP contribution in [0.1, 0.15) is 6.42 Å². The first-order valence-corrected chi connectivity index (χ1v) is 3.51. The molecular formula is C5H5ClOS. The van der Waals surface area contributed by atoms with Gasteiger partial charge in [-0.25, -0.2) is 0 Å². The van der Waals surface area contributed by atoms with Gasteiger partial charge in [0.15, 0.2) is 10.5 Å². The van der Waals surface area contributed by atoms with E-state index in [1.807, 2.05) is 11.5 Å². The van der Waals surface area contributed by atoms with E-state index in [0.29, 0.717) is 6.42 Å². The Hall–Kier alpha value is 0.0500. The van der Waals surface area contributed by atoms with E-state index in [1.54, 1.807) is 0 Å². The van der Waals surface area contributed by atoms with Crippen LogP contribution in [-0.4, -0.2) is 10.5 Å². The fraction of sp³-hybridized carbons (Fsp3) is 0.400. The number of halogens is 1. The summed E-state index contributed by atoms with van der Waals surface area (Å²) in [4.78, 5) is 10.1. The standard InChI is InChI=1S/C5H5ClOS/c6-5(4-7)2-1-3-8-5/h1,3-4H,2H2. The van der Waals surface area contributed by atoms with Crippen molar-refractivity contribution in [1.29, 1.82) is 0 Å². The molecule has 0 bridgehead atoms. The fourth-order valence-electron chi connectivity index (χ4n) is 0.494. The number of carbonyl (C=O) groups excluding carboxylic acids is 1. The van der Waals surface area contributed by atoms with Gasteiger partial charge in [0, 0.05) is 6.42 Å². The number of rotatable bonds is 1. The minimum Gasteiger partial charge on any atom is -0.300 e. The van der Waals surface area contributed by atoms with Crippen LogP contribution < -0.4 is 0 Å². The molecule has 0 N–H and O–H groups in total. The molecule has 1 atom stereocenters. The maximum atomic E-state index is 10.1. The van der Waals surface area contributed by atoms with Crippen LogP contribution in [0.4, 0.5) is 0 Å². The summed E-state index contributed by atoms with van der Waals surface area (Å²) in [6, 6.07) is 0. The predicted molar refractivity (Wildman–Crippen MR) is 36.0 cm³/mol. The molecule has 0 aromatic heterocycles. The Morgan fingerprint density at radius 1 is 1.88 bits per heavy atom. The van der Waals surface area contributed by atoms with Crippen LogP contribution in [0.2, 0.25) is 0 Å². The lowest BCUT2D eigenvalue weighted by Crippen LogP contribution is -2.12. The molecule has 1 nitrogen and oxygen atoms in total. The van der Waals surface area contributed by atoms with E-state index >= 15 is 0 Å². The predicted octanol–water partition coefficient (Wildman–Crippen LogP) is 1.77.